The van der Waals surface area contributed by atoms with E-state index in [-0.39, 0.29) is 30.7 Å². The van der Waals surface area contributed by atoms with Gasteiger partial charge in [-0.1, -0.05) is 19.1 Å². The number of Topliss-reactive ketones (excluding diaryl/α,β-unsaturated/α-hetero) is 1. The van der Waals surface area contributed by atoms with Gasteiger partial charge < -0.3 is 20.1 Å². The van der Waals surface area contributed by atoms with Crippen LogP contribution >= 0.6 is 0 Å². The molecule has 0 saturated heterocycles. The van der Waals surface area contributed by atoms with Gasteiger partial charge in [0.25, 0.3) is 0 Å². The number of anilines is 2. The zero-order valence-corrected chi connectivity index (χ0v) is 17.1. The van der Waals surface area contributed by atoms with Crippen molar-refractivity contribution in [2.75, 3.05) is 43.5 Å². The molecule has 1 heterocycles. The number of rotatable bonds is 8. The Morgan fingerprint density at radius 3 is 2.17 bits per heavy atom. The molecule has 0 unspecified atom stereocenters. The van der Waals surface area contributed by atoms with Crippen LogP contribution in [0.3, 0.4) is 0 Å². The first-order chi connectivity index (χ1) is 14.4. The molecule has 0 fully saturated rings. The third-order valence-electron chi connectivity index (χ3n) is 4.56. The normalized spacial score (nSPS) is 12.4. The summed E-state index contributed by atoms with van der Waals surface area (Å²) in [6, 6.07) is 12.0. The van der Waals surface area contributed by atoms with Crippen molar-refractivity contribution in [2.45, 2.75) is 13.8 Å². The van der Waals surface area contributed by atoms with Crippen molar-refractivity contribution in [3.8, 4) is 11.5 Å². The van der Waals surface area contributed by atoms with Gasteiger partial charge in [0.15, 0.2) is 17.3 Å². The van der Waals surface area contributed by atoms with Gasteiger partial charge in [0, 0.05) is 23.0 Å². The number of hydrogen-bond donors (Lipinski definition) is 2. The number of hydrogen-bond acceptors (Lipinski definition) is 6. The number of carbonyl (C=O) groups is 3. The number of fused-ring (bicyclic) bond motifs is 1. The molecule has 2 aromatic rings. The molecular formula is C22H25N3O5. The van der Waals surface area contributed by atoms with E-state index >= 15 is 0 Å². The molecule has 2 amide bonds. The van der Waals surface area contributed by atoms with Crippen LogP contribution in [0.5, 0.6) is 11.5 Å². The molecule has 1 aliphatic heterocycles. The van der Waals surface area contributed by atoms with Crippen LogP contribution in [-0.2, 0) is 9.59 Å². The molecule has 2 N–H and O–H groups in total. The Kier molecular flexibility index (Phi) is 7.03. The summed E-state index contributed by atoms with van der Waals surface area (Å²) in [6.45, 7) is 4.96. The number of carbonyl (C=O) groups excluding carboxylic acids is 3. The van der Waals surface area contributed by atoms with Crippen LogP contribution in [0.1, 0.15) is 24.2 Å². The quantitative estimate of drug-likeness (QED) is 0.648. The van der Waals surface area contributed by atoms with Crippen LogP contribution in [-0.4, -0.2) is 55.3 Å². The summed E-state index contributed by atoms with van der Waals surface area (Å²) in [6.07, 6.45) is 0. The number of nitrogens with zero attached hydrogens (tertiary/aromatic N) is 1. The molecule has 8 heteroatoms. The lowest BCUT2D eigenvalue weighted by molar-refractivity contribution is -0.119. The van der Waals surface area contributed by atoms with Gasteiger partial charge in [-0.3, -0.25) is 19.3 Å². The second kappa shape index (κ2) is 9.89. The van der Waals surface area contributed by atoms with E-state index < -0.39 is 0 Å². The van der Waals surface area contributed by atoms with Crippen molar-refractivity contribution in [3.05, 3.63) is 48.0 Å². The molecule has 3 rings (SSSR count). The van der Waals surface area contributed by atoms with Gasteiger partial charge in [-0.15, -0.1) is 0 Å². The van der Waals surface area contributed by atoms with Crippen molar-refractivity contribution in [1.82, 2.24) is 4.90 Å². The highest BCUT2D eigenvalue weighted by Crippen LogP contribution is 2.32. The predicted molar refractivity (Wildman–Crippen MR) is 113 cm³/mol. The molecule has 0 aromatic heterocycles. The van der Waals surface area contributed by atoms with Crippen LogP contribution in [0.2, 0.25) is 0 Å². The summed E-state index contributed by atoms with van der Waals surface area (Å²) in [5.41, 5.74) is 1.68. The SMILES string of the molecule is CCN(CC(=O)Nc1cccc(C(C)=O)c1)CC(=O)Nc1ccc2c(c1)OCCO2. The maximum Gasteiger partial charge on any atom is 0.238 e. The average molecular weight is 411 g/mol. The molecule has 0 radical (unpaired) electrons. The van der Waals surface area contributed by atoms with Crippen molar-refractivity contribution >= 4 is 29.0 Å². The maximum absolute atomic E-state index is 12.4. The van der Waals surface area contributed by atoms with E-state index in [0.29, 0.717) is 48.2 Å². The summed E-state index contributed by atoms with van der Waals surface area (Å²) in [5, 5.41) is 5.58. The largest absolute Gasteiger partial charge is 0.486 e. The molecule has 2 aromatic carbocycles. The monoisotopic (exact) mass is 411 g/mol. The van der Waals surface area contributed by atoms with Crippen LogP contribution < -0.4 is 20.1 Å². The highest BCUT2D eigenvalue weighted by atomic mass is 16.6. The Morgan fingerprint density at radius 2 is 1.53 bits per heavy atom. The van der Waals surface area contributed by atoms with E-state index in [4.69, 9.17) is 9.47 Å². The van der Waals surface area contributed by atoms with Gasteiger partial charge in [-0.2, -0.15) is 0 Å². The summed E-state index contributed by atoms with van der Waals surface area (Å²) < 4.78 is 11.0. The van der Waals surface area contributed by atoms with Gasteiger partial charge >= 0.3 is 0 Å². The topological polar surface area (TPSA) is 97.0 Å². The van der Waals surface area contributed by atoms with Gasteiger partial charge in [0.1, 0.15) is 13.2 Å². The molecule has 30 heavy (non-hydrogen) atoms. The zero-order chi connectivity index (χ0) is 21.5. The lowest BCUT2D eigenvalue weighted by Gasteiger charge is -2.21. The maximum atomic E-state index is 12.4. The van der Waals surface area contributed by atoms with Crippen molar-refractivity contribution in [1.29, 1.82) is 0 Å². The second-order valence-electron chi connectivity index (χ2n) is 6.90. The van der Waals surface area contributed by atoms with Crippen LogP contribution in [0, 0.1) is 0 Å². The number of likely N-dealkylation sites (N-methyl/N-ethyl adjacent to an activating group) is 1. The van der Waals surface area contributed by atoms with E-state index in [1.165, 1.54) is 6.92 Å². The molecule has 0 bridgehead atoms. The molecule has 8 nitrogen and oxygen atoms in total. The van der Waals surface area contributed by atoms with E-state index in [2.05, 4.69) is 10.6 Å². The minimum absolute atomic E-state index is 0.0510. The third-order valence-corrected chi connectivity index (χ3v) is 4.56. The number of nitrogens with one attached hydrogen (secondary N) is 2. The van der Waals surface area contributed by atoms with E-state index in [9.17, 15) is 14.4 Å². The van der Waals surface area contributed by atoms with Gasteiger partial charge in [0.2, 0.25) is 11.8 Å². The fourth-order valence-electron chi connectivity index (χ4n) is 3.02. The minimum atomic E-state index is -0.260. The first-order valence-corrected chi connectivity index (χ1v) is 9.77. The highest BCUT2D eigenvalue weighted by molar-refractivity contribution is 5.98. The molecule has 1 aliphatic rings. The van der Waals surface area contributed by atoms with Gasteiger partial charge in [-0.05, 0) is 37.7 Å². The highest BCUT2D eigenvalue weighted by Gasteiger charge is 2.16. The van der Waals surface area contributed by atoms with Crippen molar-refractivity contribution in [2.24, 2.45) is 0 Å². The zero-order valence-electron chi connectivity index (χ0n) is 17.1. The van der Waals surface area contributed by atoms with Crippen LogP contribution in [0.15, 0.2) is 42.5 Å². The number of ketones is 1. The lowest BCUT2D eigenvalue weighted by atomic mass is 10.1. The summed E-state index contributed by atoms with van der Waals surface area (Å²) in [4.78, 5) is 38.0. The van der Waals surface area contributed by atoms with Gasteiger partial charge in [-0.25, -0.2) is 0 Å². The molecular weight excluding hydrogens is 386 g/mol. The smallest absolute Gasteiger partial charge is 0.238 e. The number of amides is 2. The number of ether oxygens (including phenoxy) is 2. The van der Waals surface area contributed by atoms with E-state index in [1.807, 2.05) is 6.92 Å². The van der Waals surface area contributed by atoms with Crippen molar-refractivity contribution < 1.29 is 23.9 Å². The summed E-state index contributed by atoms with van der Waals surface area (Å²) in [5.74, 6) is 0.681. The lowest BCUT2D eigenvalue weighted by Crippen LogP contribution is -2.38. The van der Waals surface area contributed by atoms with E-state index in [1.54, 1.807) is 47.4 Å². The molecule has 158 valence electrons. The van der Waals surface area contributed by atoms with Crippen molar-refractivity contribution in [3.63, 3.8) is 0 Å². The van der Waals surface area contributed by atoms with Crippen LogP contribution in [0.25, 0.3) is 0 Å². The van der Waals surface area contributed by atoms with Crippen LogP contribution in [0.4, 0.5) is 11.4 Å². The Labute approximate surface area is 175 Å². The van der Waals surface area contributed by atoms with E-state index in [0.717, 1.165) is 0 Å². The average Bonchev–Trinajstić information content (AvgIpc) is 2.73. The Bertz CT molecular complexity index is 944. The summed E-state index contributed by atoms with van der Waals surface area (Å²) >= 11 is 0. The minimum Gasteiger partial charge on any atom is -0.486 e. The molecule has 0 saturated carbocycles. The number of benzene rings is 2. The molecule has 0 atom stereocenters. The Balaban J connectivity index is 1.53. The third kappa shape index (κ3) is 5.81. The first kappa shape index (κ1) is 21.3. The standard InChI is InChI=1S/C22H25N3O5/c1-3-25(13-21(27)23-17-6-4-5-16(11-17)15(2)26)14-22(28)24-18-7-8-19-20(12-18)30-10-9-29-19/h4-8,11-12H,3,9-10,13-14H2,1-2H3,(H,23,27)(H,24,28). The molecule has 0 aliphatic carbocycles. The second-order valence-corrected chi connectivity index (χ2v) is 6.90. The van der Waals surface area contributed by atoms with Gasteiger partial charge in [0.05, 0.1) is 13.1 Å². The molecule has 0 spiro atoms. The fraction of sp³-hybridized carbons (Fsp3) is 0.318. The Morgan fingerprint density at radius 1 is 0.900 bits per heavy atom. The first-order valence-electron chi connectivity index (χ1n) is 9.77. The predicted octanol–water partition coefficient (Wildman–Crippen LogP) is 2.56. The summed E-state index contributed by atoms with van der Waals surface area (Å²) in [7, 11) is 0. The Hall–Kier alpha value is -3.39. The fourth-order valence-corrected chi connectivity index (χ4v) is 3.02.